The van der Waals surface area contributed by atoms with Crippen LogP contribution in [0.1, 0.15) is 18.9 Å². The Kier molecular flexibility index (Phi) is 3.42. The molecule has 0 aliphatic rings. The van der Waals surface area contributed by atoms with Gasteiger partial charge in [-0.2, -0.15) is 0 Å². The van der Waals surface area contributed by atoms with E-state index in [9.17, 15) is 9.18 Å². The van der Waals surface area contributed by atoms with E-state index < -0.39 is 0 Å². The molecule has 0 amide bonds. The number of benzene rings is 1. The van der Waals surface area contributed by atoms with Crippen molar-refractivity contribution in [1.29, 1.82) is 0 Å². The van der Waals surface area contributed by atoms with Crippen LogP contribution in [0.25, 0.3) is 0 Å². The second-order valence-electron chi connectivity index (χ2n) is 4.03. The van der Waals surface area contributed by atoms with Crippen molar-refractivity contribution in [2.45, 2.75) is 26.4 Å². The smallest absolute Gasteiger partial charge is 0.299 e. The molecule has 0 aliphatic heterocycles. The molecule has 0 saturated heterocycles. The summed E-state index contributed by atoms with van der Waals surface area (Å²) in [5, 5.41) is 0. The Balaban J connectivity index is 2.22. The van der Waals surface area contributed by atoms with Gasteiger partial charge in [0, 0.05) is 18.9 Å². The van der Waals surface area contributed by atoms with Crippen LogP contribution in [0.15, 0.2) is 41.5 Å². The van der Waals surface area contributed by atoms with Crippen molar-refractivity contribution in [1.82, 2.24) is 9.13 Å². The third-order valence-electron chi connectivity index (χ3n) is 2.62. The molecule has 3 nitrogen and oxygen atoms in total. The lowest BCUT2D eigenvalue weighted by Gasteiger charge is -2.02. The second-order valence-corrected chi connectivity index (χ2v) is 4.03. The van der Waals surface area contributed by atoms with Gasteiger partial charge in [0.1, 0.15) is 5.82 Å². The van der Waals surface area contributed by atoms with Gasteiger partial charge in [-0.05, 0) is 24.1 Å². The highest BCUT2D eigenvalue weighted by Gasteiger charge is 2.03. The monoisotopic (exact) mass is 234 g/mol. The van der Waals surface area contributed by atoms with Crippen LogP contribution in [-0.2, 0) is 13.1 Å². The van der Waals surface area contributed by atoms with Gasteiger partial charge in [-0.15, -0.1) is 0 Å². The number of aromatic nitrogens is 2. The molecule has 0 radical (unpaired) electrons. The SMILES string of the molecule is CCCn1ccn(Cc2cccc(F)c2)c1=O. The van der Waals surface area contributed by atoms with Crippen LogP contribution >= 0.6 is 0 Å². The van der Waals surface area contributed by atoms with Gasteiger partial charge in [-0.25, -0.2) is 9.18 Å². The van der Waals surface area contributed by atoms with Crippen LogP contribution in [0.5, 0.6) is 0 Å². The Morgan fingerprint density at radius 2 is 2.00 bits per heavy atom. The van der Waals surface area contributed by atoms with Crippen molar-refractivity contribution in [2.24, 2.45) is 0 Å². The lowest BCUT2D eigenvalue weighted by molar-refractivity contribution is 0.613. The molecule has 2 aromatic rings. The fraction of sp³-hybridized carbons (Fsp3) is 0.308. The lowest BCUT2D eigenvalue weighted by atomic mass is 10.2. The average molecular weight is 234 g/mol. The average Bonchev–Trinajstić information content (AvgIpc) is 2.62. The van der Waals surface area contributed by atoms with Crippen molar-refractivity contribution in [3.63, 3.8) is 0 Å². The highest BCUT2D eigenvalue weighted by molar-refractivity contribution is 5.16. The number of hydrogen-bond acceptors (Lipinski definition) is 1. The van der Waals surface area contributed by atoms with Crippen molar-refractivity contribution < 1.29 is 4.39 Å². The molecule has 1 aromatic heterocycles. The maximum atomic E-state index is 13.0. The fourth-order valence-corrected chi connectivity index (χ4v) is 1.82. The summed E-state index contributed by atoms with van der Waals surface area (Å²) in [4.78, 5) is 11.9. The first-order chi connectivity index (χ1) is 8.20. The predicted molar refractivity (Wildman–Crippen MR) is 64.5 cm³/mol. The molecule has 0 unspecified atom stereocenters. The zero-order valence-electron chi connectivity index (χ0n) is 9.77. The highest BCUT2D eigenvalue weighted by atomic mass is 19.1. The minimum atomic E-state index is -0.275. The molecule has 0 atom stereocenters. The van der Waals surface area contributed by atoms with E-state index in [1.165, 1.54) is 12.1 Å². The first-order valence-electron chi connectivity index (χ1n) is 5.70. The summed E-state index contributed by atoms with van der Waals surface area (Å²) < 4.78 is 16.3. The molecule has 1 heterocycles. The number of aryl methyl sites for hydroxylation is 1. The summed E-state index contributed by atoms with van der Waals surface area (Å²) >= 11 is 0. The van der Waals surface area contributed by atoms with Crippen molar-refractivity contribution in [2.75, 3.05) is 0 Å². The quantitative estimate of drug-likeness (QED) is 0.797. The molecule has 0 aliphatic carbocycles. The number of rotatable bonds is 4. The van der Waals surface area contributed by atoms with E-state index in [1.807, 2.05) is 13.0 Å². The number of hydrogen-bond donors (Lipinski definition) is 0. The summed E-state index contributed by atoms with van der Waals surface area (Å²) in [5.41, 5.74) is 0.748. The molecule has 1 aromatic carbocycles. The topological polar surface area (TPSA) is 26.9 Å². The lowest BCUT2D eigenvalue weighted by Crippen LogP contribution is -2.24. The van der Waals surface area contributed by atoms with Crippen molar-refractivity contribution in [3.05, 3.63) is 58.5 Å². The summed E-state index contributed by atoms with van der Waals surface area (Å²) in [6, 6.07) is 6.31. The van der Waals surface area contributed by atoms with E-state index in [2.05, 4.69) is 0 Å². The molecule has 0 saturated carbocycles. The van der Waals surface area contributed by atoms with Gasteiger partial charge < -0.3 is 0 Å². The third kappa shape index (κ3) is 2.64. The third-order valence-corrected chi connectivity index (χ3v) is 2.62. The molecular formula is C13H15FN2O. The molecule has 0 N–H and O–H groups in total. The summed E-state index contributed by atoms with van der Waals surface area (Å²) in [5.74, 6) is -0.275. The van der Waals surface area contributed by atoms with Crippen LogP contribution in [0.4, 0.5) is 4.39 Å². The molecule has 17 heavy (non-hydrogen) atoms. The molecule has 0 spiro atoms. The van der Waals surface area contributed by atoms with E-state index in [1.54, 1.807) is 27.6 Å². The summed E-state index contributed by atoms with van der Waals surface area (Å²) in [7, 11) is 0. The minimum absolute atomic E-state index is 0.0453. The molecule has 90 valence electrons. The van der Waals surface area contributed by atoms with Crippen LogP contribution in [0, 0.1) is 5.82 Å². The van der Waals surface area contributed by atoms with Gasteiger partial charge in [0.15, 0.2) is 0 Å². The predicted octanol–water partition coefficient (Wildman–Crippen LogP) is 2.25. The molecule has 0 bridgehead atoms. The van der Waals surface area contributed by atoms with Crippen LogP contribution in [-0.4, -0.2) is 9.13 Å². The molecule has 4 heteroatoms. The van der Waals surface area contributed by atoms with Gasteiger partial charge in [0.05, 0.1) is 6.54 Å². The summed E-state index contributed by atoms with van der Waals surface area (Å²) in [6.07, 6.45) is 4.43. The zero-order valence-corrected chi connectivity index (χ0v) is 9.77. The maximum Gasteiger partial charge on any atom is 0.328 e. The van der Waals surface area contributed by atoms with E-state index in [-0.39, 0.29) is 11.5 Å². The van der Waals surface area contributed by atoms with E-state index in [0.717, 1.165) is 18.5 Å². The first kappa shape index (κ1) is 11.6. The zero-order chi connectivity index (χ0) is 12.3. The number of imidazole rings is 1. The van der Waals surface area contributed by atoms with Gasteiger partial charge in [-0.3, -0.25) is 9.13 Å². The Bertz CT molecular complexity index is 557. The van der Waals surface area contributed by atoms with E-state index in [0.29, 0.717) is 6.54 Å². The standard InChI is InChI=1S/C13H15FN2O/c1-2-6-15-7-8-16(13(15)17)10-11-4-3-5-12(14)9-11/h3-5,7-9H,2,6,10H2,1H3. The fourth-order valence-electron chi connectivity index (χ4n) is 1.82. The van der Waals surface area contributed by atoms with E-state index >= 15 is 0 Å². The number of halogens is 1. The van der Waals surface area contributed by atoms with Crippen LogP contribution in [0.3, 0.4) is 0 Å². The largest absolute Gasteiger partial charge is 0.328 e. The Morgan fingerprint density at radius 3 is 2.71 bits per heavy atom. The maximum absolute atomic E-state index is 13.0. The van der Waals surface area contributed by atoms with Gasteiger partial charge in [-0.1, -0.05) is 19.1 Å². The Morgan fingerprint density at radius 1 is 1.24 bits per heavy atom. The van der Waals surface area contributed by atoms with Gasteiger partial charge in [0.2, 0.25) is 0 Å². The van der Waals surface area contributed by atoms with Gasteiger partial charge in [0.25, 0.3) is 0 Å². The molecule has 0 fully saturated rings. The van der Waals surface area contributed by atoms with Crippen LogP contribution in [0.2, 0.25) is 0 Å². The summed E-state index contributed by atoms with van der Waals surface area (Å²) in [6.45, 7) is 3.15. The number of nitrogens with zero attached hydrogens (tertiary/aromatic N) is 2. The normalized spacial score (nSPS) is 10.7. The Labute approximate surface area is 99.1 Å². The molecule has 2 rings (SSSR count). The second kappa shape index (κ2) is 4.99. The van der Waals surface area contributed by atoms with E-state index in [4.69, 9.17) is 0 Å². The molecular weight excluding hydrogens is 219 g/mol. The Hall–Kier alpha value is -1.84. The first-order valence-corrected chi connectivity index (χ1v) is 5.70. The van der Waals surface area contributed by atoms with Crippen molar-refractivity contribution in [3.8, 4) is 0 Å². The minimum Gasteiger partial charge on any atom is -0.299 e. The highest BCUT2D eigenvalue weighted by Crippen LogP contribution is 2.04. The van der Waals surface area contributed by atoms with Crippen molar-refractivity contribution >= 4 is 0 Å². The van der Waals surface area contributed by atoms with Crippen LogP contribution < -0.4 is 5.69 Å². The van der Waals surface area contributed by atoms with Gasteiger partial charge >= 0.3 is 5.69 Å².